The van der Waals surface area contributed by atoms with E-state index in [4.69, 9.17) is 4.42 Å². The lowest BCUT2D eigenvalue weighted by Gasteiger charge is -2.18. The lowest BCUT2D eigenvalue weighted by molar-refractivity contribution is 0.445. The maximum atomic E-state index is 13.6. The number of thioether (sulfide) groups is 1. The Morgan fingerprint density at radius 2 is 1.76 bits per heavy atom. The first-order chi connectivity index (χ1) is 16.2. The molecule has 2 aromatic carbocycles. The largest absolute Gasteiger partial charge is 0.467 e. The van der Waals surface area contributed by atoms with Crippen molar-refractivity contribution in [2.45, 2.75) is 36.2 Å². The summed E-state index contributed by atoms with van der Waals surface area (Å²) in [6.07, 6.45) is 1.54. The van der Waals surface area contributed by atoms with Crippen molar-refractivity contribution >= 4 is 32.8 Å². The molecule has 6 nitrogen and oxygen atoms in total. The standard InChI is InChI=1S/C23H22F3N3O3S2/c1-3-28(4-2)34(30,31)17-7-8-21-20(12-17)27-23(29(21)13-16-6-5-9-32-16)33-14-15-10-18(24)22(26)19(25)11-15/h5-12H,3-4,13-14H2,1-2H3. The minimum atomic E-state index is -3.68. The third kappa shape index (κ3) is 4.73. The van der Waals surface area contributed by atoms with Gasteiger partial charge in [0.05, 0.1) is 28.7 Å². The second-order valence-electron chi connectivity index (χ2n) is 7.46. The van der Waals surface area contributed by atoms with Crippen molar-refractivity contribution in [3.63, 3.8) is 0 Å². The van der Waals surface area contributed by atoms with Crippen molar-refractivity contribution in [3.8, 4) is 0 Å². The highest BCUT2D eigenvalue weighted by atomic mass is 32.2. The third-order valence-corrected chi connectivity index (χ3v) is 8.43. The number of hydrogen-bond acceptors (Lipinski definition) is 5. The van der Waals surface area contributed by atoms with Crippen LogP contribution in [0.1, 0.15) is 25.2 Å². The number of halogens is 3. The Balaban J connectivity index is 1.73. The summed E-state index contributed by atoms with van der Waals surface area (Å²) < 4.78 is 75.1. The van der Waals surface area contributed by atoms with E-state index in [1.54, 1.807) is 38.3 Å². The number of rotatable bonds is 9. The fourth-order valence-electron chi connectivity index (χ4n) is 3.62. The van der Waals surface area contributed by atoms with Gasteiger partial charge in [-0.2, -0.15) is 4.31 Å². The highest BCUT2D eigenvalue weighted by Crippen LogP contribution is 2.30. The highest BCUT2D eigenvalue weighted by molar-refractivity contribution is 7.98. The summed E-state index contributed by atoms with van der Waals surface area (Å²) >= 11 is 1.19. The molecule has 34 heavy (non-hydrogen) atoms. The van der Waals surface area contributed by atoms with Crippen LogP contribution in [-0.2, 0) is 22.3 Å². The normalized spacial score (nSPS) is 12.2. The van der Waals surface area contributed by atoms with Gasteiger partial charge in [-0.1, -0.05) is 25.6 Å². The molecule has 0 saturated carbocycles. The molecule has 0 atom stereocenters. The van der Waals surface area contributed by atoms with Crippen molar-refractivity contribution in [2.24, 2.45) is 0 Å². The van der Waals surface area contributed by atoms with Gasteiger partial charge in [-0.25, -0.2) is 26.6 Å². The van der Waals surface area contributed by atoms with Gasteiger partial charge < -0.3 is 8.98 Å². The Kier molecular flexibility index (Phi) is 7.06. The Bertz CT molecular complexity index is 1390. The van der Waals surface area contributed by atoms with Gasteiger partial charge in [0, 0.05) is 18.8 Å². The van der Waals surface area contributed by atoms with E-state index < -0.39 is 27.5 Å². The van der Waals surface area contributed by atoms with Crippen LogP contribution < -0.4 is 0 Å². The van der Waals surface area contributed by atoms with Gasteiger partial charge in [-0.15, -0.1) is 0 Å². The van der Waals surface area contributed by atoms with Crippen LogP contribution in [0.15, 0.2) is 63.2 Å². The second-order valence-corrected chi connectivity index (χ2v) is 10.3. The molecular formula is C23H22F3N3O3S2. The lowest BCUT2D eigenvalue weighted by Crippen LogP contribution is -2.30. The van der Waals surface area contributed by atoms with Crippen molar-refractivity contribution in [1.29, 1.82) is 0 Å². The van der Waals surface area contributed by atoms with Crippen molar-refractivity contribution in [3.05, 3.63) is 77.5 Å². The first kappa shape index (κ1) is 24.4. The fraction of sp³-hybridized carbons (Fsp3) is 0.261. The van der Waals surface area contributed by atoms with E-state index in [-0.39, 0.29) is 16.2 Å². The topological polar surface area (TPSA) is 68.3 Å². The highest BCUT2D eigenvalue weighted by Gasteiger charge is 2.23. The number of sulfonamides is 1. The first-order valence-corrected chi connectivity index (χ1v) is 13.0. The monoisotopic (exact) mass is 509 g/mol. The fourth-order valence-corrected chi connectivity index (χ4v) is 6.04. The zero-order valence-corrected chi connectivity index (χ0v) is 20.1. The molecule has 0 aliphatic heterocycles. The molecule has 4 aromatic rings. The van der Waals surface area contributed by atoms with Gasteiger partial charge in [0.15, 0.2) is 22.6 Å². The molecule has 0 amide bonds. The molecular weight excluding hydrogens is 487 g/mol. The van der Waals surface area contributed by atoms with Gasteiger partial charge in [-0.3, -0.25) is 0 Å². The van der Waals surface area contributed by atoms with Crippen molar-refractivity contribution < 1.29 is 26.0 Å². The van der Waals surface area contributed by atoms with E-state index in [1.165, 1.54) is 28.2 Å². The average Bonchev–Trinajstić information content (AvgIpc) is 3.44. The van der Waals surface area contributed by atoms with Gasteiger partial charge in [-0.05, 0) is 48.0 Å². The molecule has 180 valence electrons. The zero-order valence-electron chi connectivity index (χ0n) is 18.5. The first-order valence-electron chi connectivity index (χ1n) is 10.5. The number of aromatic nitrogens is 2. The van der Waals surface area contributed by atoms with Gasteiger partial charge in [0.2, 0.25) is 10.0 Å². The zero-order chi connectivity index (χ0) is 24.5. The van der Waals surface area contributed by atoms with E-state index in [9.17, 15) is 21.6 Å². The number of fused-ring (bicyclic) bond motifs is 1. The van der Waals surface area contributed by atoms with Crippen LogP contribution >= 0.6 is 11.8 Å². The Hall–Kier alpha value is -2.76. The summed E-state index contributed by atoms with van der Waals surface area (Å²) in [5, 5.41) is 0.494. The van der Waals surface area contributed by atoms with Crippen LogP contribution in [0.2, 0.25) is 0 Å². The molecule has 2 aromatic heterocycles. The van der Waals surface area contributed by atoms with Gasteiger partial charge in [0.25, 0.3) is 0 Å². The maximum absolute atomic E-state index is 13.6. The predicted octanol–water partition coefficient (Wildman–Crippen LogP) is 5.42. The summed E-state index contributed by atoms with van der Waals surface area (Å²) in [7, 11) is -3.68. The minimum Gasteiger partial charge on any atom is -0.467 e. The maximum Gasteiger partial charge on any atom is 0.243 e. The minimum absolute atomic E-state index is 0.125. The molecule has 0 fully saturated rings. The Morgan fingerprint density at radius 1 is 1.06 bits per heavy atom. The molecule has 2 heterocycles. The average molecular weight is 510 g/mol. The molecule has 0 N–H and O–H groups in total. The Morgan fingerprint density at radius 3 is 2.38 bits per heavy atom. The van der Waals surface area contributed by atoms with Crippen LogP contribution in [0, 0.1) is 17.5 Å². The number of nitrogens with zero attached hydrogens (tertiary/aromatic N) is 3. The summed E-state index contributed by atoms with van der Waals surface area (Å²) in [6.45, 7) is 4.55. The number of imidazole rings is 1. The van der Waals surface area contributed by atoms with Crippen LogP contribution in [0.4, 0.5) is 13.2 Å². The van der Waals surface area contributed by atoms with E-state index in [0.29, 0.717) is 41.6 Å². The van der Waals surface area contributed by atoms with E-state index >= 15 is 0 Å². The predicted molar refractivity (Wildman–Crippen MR) is 124 cm³/mol. The Labute approximate surface area is 199 Å². The van der Waals surface area contributed by atoms with Gasteiger partial charge >= 0.3 is 0 Å². The van der Waals surface area contributed by atoms with E-state index in [1.807, 2.05) is 4.57 Å². The van der Waals surface area contributed by atoms with Crippen molar-refractivity contribution in [1.82, 2.24) is 13.9 Å². The van der Waals surface area contributed by atoms with E-state index in [2.05, 4.69) is 4.98 Å². The summed E-state index contributed by atoms with van der Waals surface area (Å²) in [4.78, 5) is 4.73. The molecule has 0 unspecified atom stereocenters. The summed E-state index contributed by atoms with van der Waals surface area (Å²) in [5.74, 6) is -3.25. The molecule has 4 rings (SSSR count). The summed E-state index contributed by atoms with van der Waals surface area (Å²) in [6, 6.07) is 10.2. The van der Waals surface area contributed by atoms with Crippen LogP contribution in [0.25, 0.3) is 11.0 Å². The smallest absolute Gasteiger partial charge is 0.243 e. The lowest BCUT2D eigenvalue weighted by atomic mass is 10.2. The number of hydrogen-bond donors (Lipinski definition) is 0. The third-order valence-electron chi connectivity index (χ3n) is 5.33. The van der Waals surface area contributed by atoms with Crippen LogP contribution in [0.5, 0.6) is 0 Å². The molecule has 11 heteroatoms. The molecule has 0 saturated heterocycles. The number of benzene rings is 2. The molecule has 0 radical (unpaired) electrons. The van der Waals surface area contributed by atoms with Gasteiger partial charge in [0.1, 0.15) is 5.76 Å². The van der Waals surface area contributed by atoms with Crippen molar-refractivity contribution in [2.75, 3.05) is 13.1 Å². The van der Waals surface area contributed by atoms with E-state index in [0.717, 1.165) is 12.1 Å². The molecule has 0 aliphatic rings. The van der Waals surface area contributed by atoms with Crippen LogP contribution in [-0.4, -0.2) is 35.4 Å². The number of furan rings is 1. The second kappa shape index (κ2) is 9.85. The molecule has 0 aliphatic carbocycles. The quantitative estimate of drug-likeness (QED) is 0.223. The molecule has 0 bridgehead atoms. The van der Waals surface area contributed by atoms with Crippen LogP contribution in [0.3, 0.4) is 0 Å². The molecule has 0 spiro atoms. The SMILES string of the molecule is CCN(CC)S(=O)(=O)c1ccc2c(c1)nc(SCc1cc(F)c(F)c(F)c1)n2Cc1ccco1. The summed E-state index contributed by atoms with van der Waals surface area (Å²) in [5.41, 5.74) is 1.38.